The van der Waals surface area contributed by atoms with Crippen molar-refractivity contribution < 1.29 is 9.34 Å². The number of aromatic nitrogens is 1. The van der Waals surface area contributed by atoms with Crippen LogP contribution in [0.1, 0.15) is 25.3 Å². The van der Waals surface area contributed by atoms with E-state index in [2.05, 4.69) is 24.1 Å². The van der Waals surface area contributed by atoms with Crippen molar-refractivity contribution in [2.24, 2.45) is 0 Å². The van der Waals surface area contributed by atoms with Crippen LogP contribution < -0.4 is 5.32 Å². The molecule has 1 aromatic carbocycles. The Balaban J connectivity index is 2.14. The molecule has 0 saturated heterocycles. The molecule has 1 N–H and O–H groups in total. The van der Waals surface area contributed by atoms with E-state index < -0.39 is 0 Å². The van der Waals surface area contributed by atoms with Gasteiger partial charge in [-0.2, -0.15) is 0 Å². The van der Waals surface area contributed by atoms with Crippen LogP contribution in [0.4, 0.5) is 5.69 Å². The summed E-state index contributed by atoms with van der Waals surface area (Å²) in [6, 6.07) is 5.46. The topological polar surface area (TPSA) is 81.2 Å². The third kappa shape index (κ3) is 3.88. The number of hydrogen-bond donors (Lipinski definition) is 1. The molecule has 0 spiro atoms. The van der Waals surface area contributed by atoms with Crippen molar-refractivity contribution in [1.29, 1.82) is 0 Å². The molecule has 6 heteroatoms. The van der Waals surface area contributed by atoms with E-state index in [0.717, 1.165) is 6.54 Å². The van der Waals surface area contributed by atoms with Crippen molar-refractivity contribution in [3.63, 3.8) is 0 Å². The van der Waals surface area contributed by atoms with Gasteiger partial charge in [0.2, 0.25) is 0 Å². The zero-order valence-electron chi connectivity index (χ0n) is 12.4. The molecule has 2 aromatic rings. The molecule has 1 heterocycles. The lowest BCUT2D eigenvalue weighted by Crippen LogP contribution is -2.24. The molecule has 0 aliphatic carbocycles. The zero-order valence-corrected chi connectivity index (χ0v) is 12.4. The predicted molar refractivity (Wildman–Crippen MR) is 80.2 cm³/mol. The molecule has 2 rings (SSSR count). The Morgan fingerprint density at radius 1 is 1.43 bits per heavy atom. The maximum Gasteiger partial charge on any atom is 0.273 e. The van der Waals surface area contributed by atoms with E-state index in [4.69, 9.17) is 4.42 Å². The third-order valence-electron chi connectivity index (χ3n) is 3.14. The lowest BCUT2D eigenvalue weighted by molar-refractivity contribution is -0.385. The van der Waals surface area contributed by atoms with Crippen molar-refractivity contribution in [2.45, 2.75) is 33.2 Å². The van der Waals surface area contributed by atoms with Crippen LogP contribution in [-0.4, -0.2) is 22.5 Å². The molecule has 0 radical (unpaired) electrons. The number of nitrogens with one attached hydrogen (secondary N) is 1. The van der Waals surface area contributed by atoms with Crippen molar-refractivity contribution in [3.8, 4) is 11.3 Å². The van der Waals surface area contributed by atoms with Gasteiger partial charge in [0.1, 0.15) is 0 Å². The summed E-state index contributed by atoms with van der Waals surface area (Å²) in [5, 5.41) is 14.3. The van der Waals surface area contributed by atoms with Crippen LogP contribution in [-0.2, 0) is 6.42 Å². The van der Waals surface area contributed by atoms with E-state index >= 15 is 0 Å². The Bertz CT molecular complexity index is 635. The lowest BCUT2D eigenvalue weighted by Gasteiger charge is -2.05. The van der Waals surface area contributed by atoms with Gasteiger partial charge in [-0.25, -0.2) is 4.98 Å². The van der Waals surface area contributed by atoms with Gasteiger partial charge in [0.25, 0.3) is 5.69 Å². The second-order valence-electron chi connectivity index (χ2n) is 5.24. The van der Waals surface area contributed by atoms with Gasteiger partial charge in [-0.1, -0.05) is 26.0 Å². The lowest BCUT2D eigenvalue weighted by atomic mass is 10.1. The number of nitro benzene ring substituents is 1. The van der Waals surface area contributed by atoms with Crippen LogP contribution in [0.5, 0.6) is 0 Å². The van der Waals surface area contributed by atoms with Crippen LogP contribution in [0.15, 0.2) is 28.8 Å². The fraction of sp³-hybridized carbons (Fsp3) is 0.400. The van der Waals surface area contributed by atoms with Gasteiger partial charge in [-0.05, 0) is 6.92 Å². The standard InChI is InChI=1S/C15H19N3O3/c1-10(2)16-7-6-15-17-9-14(21-15)12-5-4-11(3)13(8-12)18(19)20/h4-5,8-10,16H,6-7H2,1-3H3. The van der Waals surface area contributed by atoms with Crippen LogP contribution >= 0.6 is 0 Å². The summed E-state index contributed by atoms with van der Waals surface area (Å²) in [5.41, 5.74) is 1.39. The minimum absolute atomic E-state index is 0.0897. The van der Waals surface area contributed by atoms with Gasteiger partial charge in [0.05, 0.1) is 11.1 Å². The largest absolute Gasteiger partial charge is 0.441 e. The first kappa shape index (κ1) is 15.2. The molecular weight excluding hydrogens is 270 g/mol. The highest BCUT2D eigenvalue weighted by Gasteiger charge is 2.14. The number of nitrogens with zero attached hydrogens (tertiary/aromatic N) is 2. The van der Waals surface area contributed by atoms with Gasteiger partial charge in [-0.15, -0.1) is 0 Å². The van der Waals surface area contributed by atoms with E-state index in [1.807, 2.05) is 0 Å². The molecule has 0 fully saturated rings. The number of oxazole rings is 1. The minimum Gasteiger partial charge on any atom is -0.441 e. The second kappa shape index (κ2) is 6.49. The number of hydrogen-bond acceptors (Lipinski definition) is 5. The molecule has 1 aromatic heterocycles. The van der Waals surface area contributed by atoms with Crippen LogP contribution in [0.3, 0.4) is 0 Å². The summed E-state index contributed by atoms with van der Waals surface area (Å²) in [6.45, 7) is 6.65. The molecule has 0 aliphatic rings. The van der Waals surface area contributed by atoms with Crippen LogP contribution in [0.2, 0.25) is 0 Å². The van der Waals surface area contributed by atoms with Gasteiger partial charge in [0, 0.05) is 36.2 Å². The summed E-state index contributed by atoms with van der Waals surface area (Å²) < 4.78 is 5.65. The van der Waals surface area contributed by atoms with Gasteiger partial charge in [0.15, 0.2) is 11.7 Å². The van der Waals surface area contributed by atoms with Crippen molar-refractivity contribution in [3.05, 3.63) is 46.0 Å². The first-order chi connectivity index (χ1) is 9.97. The highest BCUT2D eigenvalue weighted by atomic mass is 16.6. The Hall–Kier alpha value is -2.21. The molecule has 112 valence electrons. The van der Waals surface area contributed by atoms with Gasteiger partial charge < -0.3 is 9.73 Å². The van der Waals surface area contributed by atoms with Crippen LogP contribution in [0.25, 0.3) is 11.3 Å². The summed E-state index contributed by atoms with van der Waals surface area (Å²) in [4.78, 5) is 14.8. The van der Waals surface area contributed by atoms with E-state index in [-0.39, 0.29) is 10.6 Å². The summed E-state index contributed by atoms with van der Waals surface area (Å²) in [6.07, 6.45) is 2.30. The Kier molecular flexibility index (Phi) is 4.70. The maximum absolute atomic E-state index is 11.0. The third-order valence-corrected chi connectivity index (χ3v) is 3.14. The zero-order chi connectivity index (χ0) is 15.4. The van der Waals surface area contributed by atoms with Crippen LogP contribution in [0, 0.1) is 17.0 Å². The predicted octanol–water partition coefficient (Wildman–Crippen LogP) is 3.10. The molecule has 0 unspecified atom stereocenters. The highest BCUT2D eigenvalue weighted by molar-refractivity contribution is 5.62. The molecule has 0 aliphatic heterocycles. The van der Waals surface area contributed by atoms with Crippen molar-refractivity contribution in [2.75, 3.05) is 6.54 Å². The summed E-state index contributed by atoms with van der Waals surface area (Å²) in [7, 11) is 0. The quantitative estimate of drug-likeness (QED) is 0.652. The average Bonchev–Trinajstić information content (AvgIpc) is 2.87. The fourth-order valence-electron chi connectivity index (χ4n) is 1.99. The van der Waals surface area contributed by atoms with E-state index in [1.165, 1.54) is 6.07 Å². The summed E-state index contributed by atoms with van der Waals surface area (Å²) >= 11 is 0. The molecule has 0 amide bonds. The smallest absolute Gasteiger partial charge is 0.273 e. The van der Waals surface area contributed by atoms with E-state index in [9.17, 15) is 10.1 Å². The number of rotatable bonds is 6. The highest BCUT2D eigenvalue weighted by Crippen LogP contribution is 2.27. The Morgan fingerprint density at radius 2 is 2.19 bits per heavy atom. The van der Waals surface area contributed by atoms with Gasteiger partial charge in [-0.3, -0.25) is 10.1 Å². The monoisotopic (exact) mass is 289 g/mol. The average molecular weight is 289 g/mol. The SMILES string of the molecule is Cc1ccc(-c2cnc(CCNC(C)C)o2)cc1[N+](=O)[O-]. The Labute approximate surface area is 123 Å². The molecule has 0 saturated carbocycles. The van der Waals surface area contributed by atoms with E-state index in [1.54, 1.807) is 25.3 Å². The van der Waals surface area contributed by atoms with Crippen molar-refractivity contribution in [1.82, 2.24) is 10.3 Å². The number of aryl methyl sites for hydroxylation is 1. The molecule has 0 bridgehead atoms. The van der Waals surface area contributed by atoms with Crippen molar-refractivity contribution >= 4 is 5.69 Å². The van der Waals surface area contributed by atoms with Gasteiger partial charge >= 0.3 is 0 Å². The fourth-order valence-corrected chi connectivity index (χ4v) is 1.99. The molecular formula is C15H19N3O3. The maximum atomic E-state index is 11.0. The molecule has 0 atom stereocenters. The molecule has 21 heavy (non-hydrogen) atoms. The normalized spacial score (nSPS) is 11.0. The molecule has 6 nitrogen and oxygen atoms in total. The first-order valence-electron chi connectivity index (χ1n) is 6.91. The number of nitro groups is 1. The minimum atomic E-state index is -0.386. The first-order valence-corrected chi connectivity index (χ1v) is 6.91. The Morgan fingerprint density at radius 3 is 2.86 bits per heavy atom. The second-order valence-corrected chi connectivity index (χ2v) is 5.24. The summed E-state index contributed by atoms with van der Waals surface area (Å²) in [5.74, 6) is 1.18. The number of benzene rings is 1. The van der Waals surface area contributed by atoms with E-state index in [0.29, 0.717) is 35.2 Å².